The maximum Gasteiger partial charge on any atom is 0.137 e. The van der Waals surface area contributed by atoms with Crippen molar-refractivity contribution in [2.24, 2.45) is 0 Å². The summed E-state index contributed by atoms with van der Waals surface area (Å²) in [6.07, 6.45) is 9.69. The summed E-state index contributed by atoms with van der Waals surface area (Å²) in [5.74, 6) is 0. The van der Waals surface area contributed by atoms with Crippen molar-refractivity contribution < 1.29 is 0 Å². The van der Waals surface area contributed by atoms with Crippen LogP contribution in [0.3, 0.4) is 0 Å². The number of piperazine rings is 1. The van der Waals surface area contributed by atoms with E-state index in [-0.39, 0.29) is 0 Å². The molecular weight excluding hydrogens is 296 g/mol. The van der Waals surface area contributed by atoms with Crippen molar-refractivity contribution in [1.82, 2.24) is 19.2 Å². The summed E-state index contributed by atoms with van der Waals surface area (Å²) in [5.41, 5.74) is 2.11. The molecule has 118 valence electrons. The molecule has 0 unspecified atom stereocenters. The van der Waals surface area contributed by atoms with Gasteiger partial charge in [0.2, 0.25) is 0 Å². The van der Waals surface area contributed by atoms with Crippen molar-refractivity contribution in [2.45, 2.75) is 38.3 Å². The highest BCUT2D eigenvalue weighted by atomic mass is 35.5. The molecule has 4 rings (SSSR count). The Morgan fingerprint density at radius 2 is 1.82 bits per heavy atom. The summed E-state index contributed by atoms with van der Waals surface area (Å²) >= 11 is 6.03. The summed E-state index contributed by atoms with van der Waals surface area (Å²) in [7, 11) is 0. The maximum absolute atomic E-state index is 6.03. The quantitative estimate of drug-likeness (QED) is 0.869. The average molecular weight is 319 g/mol. The number of nitrogens with zero attached hydrogens (tertiary/aromatic N) is 4. The van der Waals surface area contributed by atoms with E-state index in [9.17, 15) is 0 Å². The molecule has 0 bridgehead atoms. The van der Waals surface area contributed by atoms with Gasteiger partial charge in [0.25, 0.3) is 0 Å². The van der Waals surface area contributed by atoms with Gasteiger partial charge in [0.1, 0.15) is 5.65 Å². The fourth-order valence-corrected chi connectivity index (χ4v) is 4.05. The Hall–Kier alpha value is -1.10. The van der Waals surface area contributed by atoms with Crippen molar-refractivity contribution in [1.29, 1.82) is 0 Å². The second-order valence-corrected chi connectivity index (χ2v) is 7.03. The lowest BCUT2D eigenvalue weighted by molar-refractivity contribution is 0.0930. The van der Waals surface area contributed by atoms with Gasteiger partial charge >= 0.3 is 0 Å². The van der Waals surface area contributed by atoms with Gasteiger partial charge in [-0.1, -0.05) is 24.4 Å². The first kappa shape index (κ1) is 14.5. The maximum atomic E-state index is 6.03. The van der Waals surface area contributed by atoms with E-state index in [4.69, 9.17) is 16.6 Å². The van der Waals surface area contributed by atoms with Crippen LogP contribution >= 0.6 is 11.6 Å². The predicted molar refractivity (Wildman–Crippen MR) is 89.3 cm³/mol. The summed E-state index contributed by atoms with van der Waals surface area (Å²) in [5, 5.41) is 0.752. The first-order valence-corrected chi connectivity index (χ1v) is 8.75. The highest BCUT2D eigenvalue weighted by Crippen LogP contribution is 2.24. The van der Waals surface area contributed by atoms with E-state index in [1.54, 1.807) is 0 Å². The summed E-state index contributed by atoms with van der Waals surface area (Å²) in [6, 6.07) is 4.73. The number of aromatic nitrogens is 2. The van der Waals surface area contributed by atoms with E-state index >= 15 is 0 Å². The molecule has 0 radical (unpaired) electrons. The van der Waals surface area contributed by atoms with Crippen LogP contribution in [0.5, 0.6) is 0 Å². The Kier molecular flexibility index (Phi) is 4.07. The Morgan fingerprint density at radius 3 is 2.59 bits per heavy atom. The fraction of sp³-hybridized carbons (Fsp3) is 0.588. The minimum atomic E-state index is 0.752. The number of pyridine rings is 1. The number of hydrogen-bond donors (Lipinski definition) is 0. The van der Waals surface area contributed by atoms with Crippen LogP contribution in [0.15, 0.2) is 24.5 Å². The molecule has 2 aromatic rings. The lowest BCUT2D eigenvalue weighted by atomic mass is 10.2. The lowest BCUT2D eigenvalue weighted by Gasteiger charge is -2.37. The van der Waals surface area contributed by atoms with Crippen molar-refractivity contribution in [3.05, 3.63) is 35.2 Å². The first-order chi connectivity index (χ1) is 10.8. The van der Waals surface area contributed by atoms with Crippen molar-refractivity contribution >= 4 is 17.2 Å². The van der Waals surface area contributed by atoms with Crippen LogP contribution in [0.25, 0.3) is 5.65 Å². The predicted octanol–water partition coefficient (Wildman–Crippen LogP) is 3.05. The molecule has 1 aliphatic carbocycles. The zero-order valence-electron chi connectivity index (χ0n) is 12.9. The Bertz CT molecular complexity index is 639. The second-order valence-electron chi connectivity index (χ2n) is 6.60. The third-order valence-corrected chi connectivity index (χ3v) is 5.32. The average Bonchev–Trinajstić information content (AvgIpc) is 3.16. The Labute approximate surface area is 136 Å². The number of fused-ring (bicyclic) bond motifs is 1. The van der Waals surface area contributed by atoms with Gasteiger partial charge in [0.15, 0.2) is 0 Å². The topological polar surface area (TPSA) is 23.8 Å². The molecule has 2 aliphatic rings. The summed E-state index contributed by atoms with van der Waals surface area (Å²) in [4.78, 5) is 9.92. The van der Waals surface area contributed by atoms with E-state index in [2.05, 4.69) is 16.0 Å². The van der Waals surface area contributed by atoms with Crippen LogP contribution < -0.4 is 0 Å². The van der Waals surface area contributed by atoms with Crippen LogP contribution in [-0.4, -0.2) is 51.4 Å². The molecule has 2 fully saturated rings. The van der Waals surface area contributed by atoms with Gasteiger partial charge in [-0.25, -0.2) is 4.98 Å². The normalized spacial score (nSPS) is 21.9. The monoisotopic (exact) mass is 318 g/mol. The second kappa shape index (κ2) is 6.19. The first-order valence-electron chi connectivity index (χ1n) is 8.37. The third-order valence-electron chi connectivity index (χ3n) is 5.10. The molecule has 4 nitrogen and oxygen atoms in total. The molecule has 5 heteroatoms. The zero-order valence-corrected chi connectivity index (χ0v) is 13.7. The van der Waals surface area contributed by atoms with Crippen molar-refractivity contribution in [3.63, 3.8) is 0 Å². The van der Waals surface area contributed by atoms with Crippen LogP contribution in [0, 0.1) is 0 Å². The zero-order chi connectivity index (χ0) is 14.9. The Morgan fingerprint density at radius 1 is 1.05 bits per heavy atom. The van der Waals surface area contributed by atoms with E-state index in [0.717, 1.165) is 42.0 Å². The van der Waals surface area contributed by atoms with Gasteiger partial charge in [-0.2, -0.15) is 0 Å². The van der Waals surface area contributed by atoms with E-state index in [1.165, 1.54) is 38.8 Å². The SMILES string of the molecule is Clc1ccc2nc(CN3CCN(C4CCCC4)CC3)cn2c1. The molecule has 3 heterocycles. The van der Waals surface area contributed by atoms with Gasteiger partial charge in [-0.3, -0.25) is 9.80 Å². The molecule has 1 saturated heterocycles. The van der Waals surface area contributed by atoms with Crippen LogP contribution in [0.2, 0.25) is 5.02 Å². The Balaban J connectivity index is 1.37. The smallest absolute Gasteiger partial charge is 0.137 e. The molecule has 2 aromatic heterocycles. The van der Waals surface area contributed by atoms with Gasteiger partial charge < -0.3 is 4.40 Å². The van der Waals surface area contributed by atoms with Crippen molar-refractivity contribution in [2.75, 3.05) is 26.2 Å². The summed E-state index contributed by atoms with van der Waals surface area (Å²) < 4.78 is 2.02. The van der Waals surface area contributed by atoms with Gasteiger partial charge in [-0.15, -0.1) is 0 Å². The number of rotatable bonds is 3. The highest BCUT2D eigenvalue weighted by molar-refractivity contribution is 6.30. The standard InChI is InChI=1S/C17H23ClN4/c18-14-5-6-17-19-15(13-22(17)11-14)12-20-7-9-21(10-8-20)16-3-1-2-4-16/h5-6,11,13,16H,1-4,7-10,12H2. The van der Waals surface area contributed by atoms with Gasteiger partial charge in [0.05, 0.1) is 10.7 Å². The number of hydrogen-bond acceptors (Lipinski definition) is 3. The largest absolute Gasteiger partial charge is 0.305 e. The van der Waals surface area contributed by atoms with Crippen LogP contribution in [0.4, 0.5) is 0 Å². The fourth-order valence-electron chi connectivity index (χ4n) is 3.88. The molecule has 1 aliphatic heterocycles. The van der Waals surface area contributed by atoms with Gasteiger partial charge in [0, 0.05) is 51.2 Å². The number of halogens is 1. The van der Waals surface area contributed by atoms with Crippen molar-refractivity contribution in [3.8, 4) is 0 Å². The molecule has 0 atom stereocenters. The molecular formula is C17H23ClN4. The van der Waals surface area contributed by atoms with E-state index < -0.39 is 0 Å². The highest BCUT2D eigenvalue weighted by Gasteiger charge is 2.26. The van der Waals surface area contributed by atoms with E-state index in [1.807, 2.05) is 22.7 Å². The van der Waals surface area contributed by atoms with Crippen LogP contribution in [-0.2, 0) is 6.54 Å². The lowest BCUT2D eigenvalue weighted by Crippen LogP contribution is -2.49. The molecule has 0 spiro atoms. The van der Waals surface area contributed by atoms with E-state index in [0.29, 0.717) is 0 Å². The summed E-state index contributed by atoms with van der Waals surface area (Å²) in [6.45, 7) is 5.68. The number of imidazole rings is 1. The minimum absolute atomic E-state index is 0.752. The molecule has 1 saturated carbocycles. The molecule has 0 N–H and O–H groups in total. The van der Waals surface area contributed by atoms with Gasteiger partial charge in [-0.05, 0) is 25.0 Å². The minimum Gasteiger partial charge on any atom is -0.305 e. The van der Waals surface area contributed by atoms with Crippen LogP contribution in [0.1, 0.15) is 31.4 Å². The molecule has 0 aromatic carbocycles. The molecule has 22 heavy (non-hydrogen) atoms. The third kappa shape index (κ3) is 3.00. The molecule has 0 amide bonds.